The molecule has 1 saturated heterocycles. The van der Waals surface area contributed by atoms with Crippen LogP contribution in [0.4, 0.5) is 5.95 Å². The van der Waals surface area contributed by atoms with Gasteiger partial charge in [-0.25, -0.2) is 9.97 Å². The zero-order valence-electron chi connectivity index (χ0n) is 14.1. The predicted octanol–water partition coefficient (Wildman–Crippen LogP) is 2.50. The number of aliphatic hydroxyl groups is 1. The van der Waals surface area contributed by atoms with E-state index in [9.17, 15) is 9.90 Å². The van der Waals surface area contributed by atoms with Crippen molar-refractivity contribution in [1.82, 2.24) is 15.3 Å². The van der Waals surface area contributed by atoms with Gasteiger partial charge in [-0.05, 0) is 25.3 Å². The first-order chi connectivity index (χ1) is 12.0. The summed E-state index contributed by atoms with van der Waals surface area (Å²) in [6, 6.07) is 7.53. The number of halogens is 1. The van der Waals surface area contributed by atoms with Gasteiger partial charge in [0, 0.05) is 19.6 Å². The molecule has 25 heavy (non-hydrogen) atoms. The van der Waals surface area contributed by atoms with Crippen molar-refractivity contribution in [1.29, 1.82) is 0 Å². The van der Waals surface area contributed by atoms with Crippen LogP contribution in [0.5, 0.6) is 0 Å². The lowest BCUT2D eigenvalue weighted by Crippen LogP contribution is -2.30. The van der Waals surface area contributed by atoms with E-state index in [2.05, 4.69) is 15.3 Å². The second-order valence-electron chi connectivity index (χ2n) is 6.20. The van der Waals surface area contributed by atoms with Crippen LogP contribution in [0.2, 0.25) is 5.02 Å². The lowest BCUT2D eigenvalue weighted by atomic mass is 10.1. The number of nitrogens with zero attached hydrogens (tertiary/aromatic N) is 3. The van der Waals surface area contributed by atoms with E-state index in [0.717, 1.165) is 37.1 Å². The molecule has 132 valence electrons. The maximum Gasteiger partial charge on any atom is 0.271 e. The second kappa shape index (κ2) is 7.80. The van der Waals surface area contributed by atoms with E-state index < -0.39 is 12.0 Å². The number of aliphatic hydroxyl groups excluding tert-OH is 1. The van der Waals surface area contributed by atoms with Crippen LogP contribution >= 0.6 is 11.6 Å². The van der Waals surface area contributed by atoms with Crippen LogP contribution in [0.1, 0.15) is 40.6 Å². The van der Waals surface area contributed by atoms with Crippen molar-refractivity contribution >= 4 is 23.5 Å². The van der Waals surface area contributed by atoms with E-state index >= 15 is 0 Å². The molecule has 0 bridgehead atoms. The fraction of sp³-hybridized carbons (Fsp3) is 0.389. The lowest BCUT2D eigenvalue weighted by Gasteiger charge is -2.16. The van der Waals surface area contributed by atoms with Gasteiger partial charge in [-0.3, -0.25) is 4.79 Å². The number of amides is 1. The van der Waals surface area contributed by atoms with Gasteiger partial charge >= 0.3 is 0 Å². The Morgan fingerprint density at radius 3 is 2.68 bits per heavy atom. The van der Waals surface area contributed by atoms with Gasteiger partial charge < -0.3 is 15.3 Å². The number of nitrogens with one attached hydrogen (secondary N) is 1. The molecular formula is C18H21ClN4O2. The quantitative estimate of drug-likeness (QED) is 0.856. The predicted molar refractivity (Wildman–Crippen MR) is 97.0 cm³/mol. The van der Waals surface area contributed by atoms with E-state index in [1.54, 1.807) is 0 Å². The van der Waals surface area contributed by atoms with Gasteiger partial charge in [0.05, 0.1) is 17.3 Å². The van der Waals surface area contributed by atoms with E-state index in [0.29, 0.717) is 5.95 Å². The maximum absolute atomic E-state index is 12.4. The summed E-state index contributed by atoms with van der Waals surface area (Å²) in [6.45, 7) is 3.83. The zero-order valence-corrected chi connectivity index (χ0v) is 14.8. The highest BCUT2D eigenvalue weighted by Crippen LogP contribution is 2.20. The maximum atomic E-state index is 12.4. The third-order valence-corrected chi connectivity index (χ3v) is 4.53. The third kappa shape index (κ3) is 4.27. The number of carbonyl (C=O) groups excluding carboxylic acids is 1. The highest BCUT2D eigenvalue weighted by molar-refractivity contribution is 6.33. The van der Waals surface area contributed by atoms with Gasteiger partial charge in [0.25, 0.3) is 5.91 Å². The Bertz CT molecular complexity index is 745. The zero-order chi connectivity index (χ0) is 17.8. The van der Waals surface area contributed by atoms with Crippen LogP contribution in [0.3, 0.4) is 0 Å². The molecule has 2 N–H and O–H groups in total. The second-order valence-corrected chi connectivity index (χ2v) is 6.60. The highest BCUT2D eigenvalue weighted by Gasteiger charge is 2.20. The van der Waals surface area contributed by atoms with Crippen LogP contribution in [-0.4, -0.2) is 40.6 Å². The molecule has 1 unspecified atom stereocenters. The van der Waals surface area contributed by atoms with E-state index in [1.807, 2.05) is 36.1 Å². The number of carbonyl (C=O) groups is 1. The van der Waals surface area contributed by atoms with Crippen molar-refractivity contribution in [3.63, 3.8) is 0 Å². The van der Waals surface area contributed by atoms with E-state index in [1.165, 1.54) is 6.20 Å². The molecule has 1 aromatic carbocycles. The minimum Gasteiger partial charge on any atom is -0.387 e. The standard InChI is InChI=1S/C18H21ClN4O2/c1-12-4-6-13(7-5-12)15(24)11-20-17(25)16-14(19)10-21-18(22-16)23-8-2-3-9-23/h4-7,10,15,24H,2-3,8-9,11H2,1H3,(H,20,25). The molecule has 0 radical (unpaired) electrons. The molecule has 1 fully saturated rings. The normalized spacial score (nSPS) is 15.2. The molecule has 1 aliphatic heterocycles. The molecule has 0 saturated carbocycles. The molecular weight excluding hydrogens is 340 g/mol. The Morgan fingerprint density at radius 2 is 2.00 bits per heavy atom. The van der Waals surface area contributed by atoms with Gasteiger partial charge in [-0.2, -0.15) is 0 Å². The summed E-state index contributed by atoms with van der Waals surface area (Å²) < 4.78 is 0. The van der Waals surface area contributed by atoms with E-state index in [4.69, 9.17) is 11.6 Å². The minimum absolute atomic E-state index is 0.0846. The summed E-state index contributed by atoms with van der Waals surface area (Å²) in [5.74, 6) is 0.102. The average Bonchev–Trinajstić information content (AvgIpc) is 3.15. The Morgan fingerprint density at radius 1 is 1.32 bits per heavy atom. The van der Waals surface area contributed by atoms with Crippen molar-refractivity contribution < 1.29 is 9.90 Å². The Kier molecular flexibility index (Phi) is 5.50. The number of aryl methyl sites for hydroxylation is 1. The van der Waals surface area contributed by atoms with Gasteiger partial charge in [-0.15, -0.1) is 0 Å². The number of rotatable bonds is 5. The molecule has 1 amide bonds. The Balaban J connectivity index is 1.66. The number of aromatic nitrogens is 2. The van der Waals surface area contributed by atoms with Crippen molar-refractivity contribution in [2.45, 2.75) is 25.9 Å². The molecule has 1 aliphatic rings. The Labute approximate surface area is 151 Å². The van der Waals surface area contributed by atoms with Crippen molar-refractivity contribution in [2.24, 2.45) is 0 Å². The first-order valence-corrected chi connectivity index (χ1v) is 8.72. The van der Waals surface area contributed by atoms with E-state index in [-0.39, 0.29) is 17.3 Å². The Hall–Kier alpha value is -2.18. The molecule has 1 atom stereocenters. The summed E-state index contributed by atoms with van der Waals surface area (Å²) in [5, 5.41) is 13.1. The SMILES string of the molecule is Cc1ccc(C(O)CNC(=O)c2nc(N3CCCC3)ncc2Cl)cc1. The number of hydrogen-bond acceptors (Lipinski definition) is 5. The van der Waals surface area contributed by atoms with Gasteiger partial charge in [-0.1, -0.05) is 41.4 Å². The first-order valence-electron chi connectivity index (χ1n) is 8.35. The summed E-state index contributed by atoms with van der Waals surface area (Å²) in [4.78, 5) is 23.0. The molecule has 3 rings (SSSR count). The summed E-state index contributed by atoms with van der Waals surface area (Å²) in [7, 11) is 0. The summed E-state index contributed by atoms with van der Waals surface area (Å²) in [6.07, 6.45) is 2.85. The molecule has 0 aliphatic carbocycles. The molecule has 2 heterocycles. The van der Waals surface area contributed by atoms with Crippen LogP contribution in [0.15, 0.2) is 30.5 Å². The first kappa shape index (κ1) is 17.6. The van der Waals surface area contributed by atoms with Crippen LogP contribution in [0, 0.1) is 6.92 Å². The third-order valence-electron chi connectivity index (χ3n) is 4.25. The van der Waals surface area contributed by atoms with Crippen molar-refractivity contribution in [3.8, 4) is 0 Å². The fourth-order valence-electron chi connectivity index (χ4n) is 2.77. The lowest BCUT2D eigenvalue weighted by molar-refractivity contribution is 0.0911. The average molecular weight is 361 g/mol. The van der Waals surface area contributed by atoms with Gasteiger partial charge in [0.1, 0.15) is 0 Å². The molecule has 2 aromatic rings. The van der Waals surface area contributed by atoms with Crippen LogP contribution in [0.25, 0.3) is 0 Å². The number of benzene rings is 1. The van der Waals surface area contributed by atoms with Gasteiger partial charge in [0.15, 0.2) is 5.69 Å². The topological polar surface area (TPSA) is 78.3 Å². The summed E-state index contributed by atoms with van der Waals surface area (Å²) in [5.41, 5.74) is 1.99. The van der Waals surface area contributed by atoms with Crippen LogP contribution in [-0.2, 0) is 0 Å². The highest BCUT2D eigenvalue weighted by atomic mass is 35.5. The van der Waals surface area contributed by atoms with Gasteiger partial charge in [0.2, 0.25) is 5.95 Å². The smallest absolute Gasteiger partial charge is 0.271 e. The monoisotopic (exact) mass is 360 g/mol. The largest absolute Gasteiger partial charge is 0.387 e. The number of hydrogen-bond donors (Lipinski definition) is 2. The molecule has 0 spiro atoms. The minimum atomic E-state index is -0.789. The molecule has 1 aromatic heterocycles. The molecule has 7 heteroatoms. The van der Waals surface area contributed by atoms with Crippen LogP contribution < -0.4 is 10.2 Å². The van der Waals surface area contributed by atoms with Crippen molar-refractivity contribution in [2.75, 3.05) is 24.5 Å². The fourth-order valence-corrected chi connectivity index (χ4v) is 2.94. The number of anilines is 1. The molecule has 6 nitrogen and oxygen atoms in total. The summed E-state index contributed by atoms with van der Waals surface area (Å²) >= 11 is 6.08. The van der Waals surface area contributed by atoms with Crippen molar-refractivity contribution in [3.05, 3.63) is 52.3 Å².